The highest BCUT2D eigenvalue weighted by atomic mass is 32.1. The molecule has 0 saturated carbocycles. The van der Waals surface area contributed by atoms with Crippen molar-refractivity contribution in [2.24, 2.45) is 0 Å². The van der Waals surface area contributed by atoms with E-state index < -0.39 is 0 Å². The van der Waals surface area contributed by atoms with E-state index in [0.29, 0.717) is 18.8 Å². The number of aryl methyl sites for hydroxylation is 1. The first-order valence-corrected chi connectivity index (χ1v) is 5.18. The van der Waals surface area contributed by atoms with E-state index in [0.717, 1.165) is 10.0 Å². The number of anilines is 1. The molecule has 1 aromatic rings. The highest BCUT2D eigenvalue weighted by molar-refractivity contribution is 7.16. The first-order valence-electron chi connectivity index (χ1n) is 4.36. The molecular formula is C9H14N2O2S. The van der Waals surface area contributed by atoms with Gasteiger partial charge < -0.3 is 10.1 Å². The molecule has 1 aromatic heterocycles. The lowest BCUT2D eigenvalue weighted by atomic mass is 10.3. The summed E-state index contributed by atoms with van der Waals surface area (Å²) in [5.41, 5.74) is 0.531. The molecule has 1 heterocycles. The summed E-state index contributed by atoms with van der Waals surface area (Å²) in [5.74, 6) is -0.00531. The molecule has 0 atom stereocenters. The lowest BCUT2D eigenvalue weighted by molar-refractivity contribution is 0.101. The van der Waals surface area contributed by atoms with Gasteiger partial charge >= 0.3 is 0 Å². The summed E-state index contributed by atoms with van der Waals surface area (Å²) in [7, 11) is 1.64. The van der Waals surface area contributed by atoms with Crippen molar-refractivity contribution in [3.05, 3.63) is 10.7 Å². The number of nitrogens with one attached hydrogen (secondary N) is 1. The number of thiazole rings is 1. The van der Waals surface area contributed by atoms with Gasteiger partial charge in [-0.1, -0.05) is 0 Å². The van der Waals surface area contributed by atoms with Crippen LogP contribution in [-0.4, -0.2) is 31.0 Å². The summed E-state index contributed by atoms with van der Waals surface area (Å²) in [6, 6.07) is 0. The Morgan fingerprint density at radius 3 is 2.93 bits per heavy atom. The fourth-order valence-electron chi connectivity index (χ4n) is 1.05. The summed E-state index contributed by atoms with van der Waals surface area (Å²) in [4.78, 5) is 15.3. The maximum absolute atomic E-state index is 11.2. The summed E-state index contributed by atoms with van der Waals surface area (Å²) >= 11 is 1.49. The van der Waals surface area contributed by atoms with Gasteiger partial charge in [-0.15, -0.1) is 11.3 Å². The average Bonchev–Trinajstić information content (AvgIpc) is 2.47. The second-order valence-corrected chi connectivity index (χ2v) is 4.09. The normalized spacial score (nSPS) is 10.2. The molecule has 5 heteroatoms. The predicted molar refractivity (Wildman–Crippen MR) is 57.2 cm³/mol. The van der Waals surface area contributed by atoms with E-state index in [2.05, 4.69) is 10.3 Å². The van der Waals surface area contributed by atoms with Crippen LogP contribution in [0.15, 0.2) is 0 Å². The molecule has 1 rings (SSSR count). The Morgan fingerprint density at radius 1 is 1.64 bits per heavy atom. The largest absolute Gasteiger partial charge is 0.383 e. The quantitative estimate of drug-likeness (QED) is 0.599. The molecule has 0 unspecified atom stereocenters. The molecule has 0 aromatic carbocycles. The van der Waals surface area contributed by atoms with Crippen LogP contribution in [-0.2, 0) is 4.74 Å². The predicted octanol–water partition coefficient (Wildman–Crippen LogP) is 1.71. The van der Waals surface area contributed by atoms with Crippen molar-refractivity contribution in [3.8, 4) is 0 Å². The number of rotatable bonds is 5. The minimum absolute atomic E-state index is 0.00531. The van der Waals surface area contributed by atoms with Gasteiger partial charge in [0.1, 0.15) is 10.7 Å². The fraction of sp³-hybridized carbons (Fsp3) is 0.556. The molecule has 0 bridgehead atoms. The van der Waals surface area contributed by atoms with Crippen LogP contribution in [0.4, 0.5) is 5.00 Å². The number of ether oxygens (including phenoxy) is 1. The Kier molecular flexibility index (Phi) is 4.03. The third-order valence-electron chi connectivity index (χ3n) is 1.66. The monoisotopic (exact) mass is 214 g/mol. The maximum Gasteiger partial charge on any atom is 0.181 e. The molecule has 14 heavy (non-hydrogen) atoms. The minimum atomic E-state index is -0.00531. The molecule has 4 nitrogen and oxygen atoms in total. The Hall–Kier alpha value is -0.940. The van der Waals surface area contributed by atoms with Crippen LogP contribution in [0.2, 0.25) is 0 Å². The summed E-state index contributed by atoms with van der Waals surface area (Å²) in [6.45, 7) is 4.72. The number of hydrogen-bond donors (Lipinski definition) is 1. The van der Waals surface area contributed by atoms with Gasteiger partial charge in [0, 0.05) is 20.6 Å². The maximum atomic E-state index is 11.2. The number of methoxy groups -OCH3 is 1. The van der Waals surface area contributed by atoms with E-state index in [1.54, 1.807) is 7.11 Å². The first kappa shape index (κ1) is 11.1. The van der Waals surface area contributed by atoms with Gasteiger partial charge in [-0.2, -0.15) is 0 Å². The van der Waals surface area contributed by atoms with E-state index in [1.807, 2.05) is 6.92 Å². The van der Waals surface area contributed by atoms with Crippen LogP contribution in [0.5, 0.6) is 0 Å². The van der Waals surface area contributed by atoms with Crippen molar-refractivity contribution in [1.29, 1.82) is 0 Å². The van der Waals surface area contributed by atoms with E-state index >= 15 is 0 Å². The lowest BCUT2D eigenvalue weighted by Crippen LogP contribution is -2.09. The third-order valence-corrected chi connectivity index (χ3v) is 2.59. The molecule has 0 amide bonds. The van der Waals surface area contributed by atoms with Crippen LogP contribution in [0, 0.1) is 6.92 Å². The van der Waals surface area contributed by atoms with Gasteiger partial charge in [-0.25, -0.2) is 4.98 Å². The van der Waals surface area contributed by atoms with Crippen molar-refractivity contribution in [2.75, 3.05) is 25.6 Å². The number of hydrogen-bond acceptors (Lipinski definition) is 5. The lowest BCUT2D eigenvalue weighted by Gasteiger charge is -2.02. The van der Waals surface area contributed by atoms with Crippen molar-refractivity contribution >= 4 is 22.1 Å². The highest BCUT2D eigenvalue weighted by Gasteiger charge is 2.12. The van der Waals surface area contributed by atoms with Crippen molar-refractivity contribution in [2.45, 2.75) is 13.8 Å². The molecule has 0 radical (unpaired) electrons. The number of carbonyl (C=O) groups excluding carboxylic acids is 1. The Labute approximate surface area is 87.3 Å². The van der Waals surface area contributed by atoms with Crippen LogP contribution >= 0.6 is 11.3 Å². The second kappa shape index (κ2) is 5.07. The van der Waals surface area contributed by atoms with Crippen LogP contribution < -0.4 is 5.32 Å². The number of ketones is 1. The van der Waals surface area contributed by atoms with E-state index in [9.17, 15) is 4.79 Å². The number of aromatic nitrogens is 1. The smallest absolute Gasteiger partial charge is 0.181 e. The molecular weight excluding hydrogens is 200 g/mol. The Bertz CT molecular complexity index is 323. The fourth-order valence-corrected chi connectivity index (χ4v) is 1.94. The zero-order valence-electron chi connectivity index (χ0n) is 8.59. The third kappa shape index (κ3) is 2.78. The molecule has 78 valence electrons. The standard InChI is InChI=1S/C9H14N2O2S/c1-6(12)8-9(10-4-5-13-3)14-7(2)11-8/h10H,4-5H2,1-3H3. The molecule has 1 N–H and O–H groups in total. The minimum Gasteiger partial charge on any atom is -0.383 e. The van der Waals surface area contributed by atoms with Crippen molar-refractivity contribution < 1.29 is 9.53 Å². The summed E-state index contributed by atoms with van der Waals surface area (Å²) in [6.07, 6.45) is 0. The van der Waals surface area contributed by atoms with Gasteiger partial charge in [0.25, 0.3) is 0 Å². The van der Waals surface area contributed by atoms with Crippen LogP contribution in [0.3, 0.4) is 0 Å². The van der Waals surface area contributed by atoms with Gasteiger partial charge in [-0.3, -0.25) is 4.79 Å². The molecule has 0 aliphatic carbocycles. The number of Topliss-reactive ketones (excluding diaryl/α,β-unsaturated/α-hetero) is 1. The van der Waals surface area contributed by atoms with E-state index in [4.69, 9.17) is 4.74 Å². The Morgan fingerprint density at radius 2 is 2.36 bits per heavy atom. The van der Waals surface area contributed by atoms with Gasteiger partial charge in [0.2, 0.25) is 0 Å². The second-order valence-electron chi connectivity index (χ2n) is 2.89. The first-order chi connectivity index (χ1) is 6.65. The highest BCUT2D eigenvalue weighted by Crippen LogP contribution is 2.23. The molecule has 0 aliphatic rings. The number of nitrogens with zero attached hydrogens (tertiary/aromatic N) is 1. The molecule has 0 aliphatic heterocycles. The summed E-state index contributed by atoms with van der Waals surface area (Å²) in [5, 5.41) is 4.86. The van der Waals surface area contributed by atoms with Gasteiger partial charge in [-0.05, 0) is 6.92 Å². The van der Waals surface area contributed by atoms with Crippen molar-refractivity contribution in [1.82, 2.24) is 4.98 Å². The molecule has 0 saturated heterocycles. The van der Waals surface area contributed by atoms with Crippen molar-refractivity contribution in [3.63, 3.8) is 0 Å². The van der Waals surface area contributed by atoms with E-state index in [-0.39, 0.29) is 5.78 Å². The Balaban J connectivity index is 2.69. The van der Waals surface area contributed by atoms with Gasteiger partial charge in [0.05, 0.1) is 11.6 Å². The molecule has 0 spiro atoms. The van der Waals surface area contributed by atoms with E-state index in [1.165, 1.54) is 18.3 Å². The zero-order valence-corrected chi connectivity index (χ0v) is 9.40. The van der Waals surface area contributed by atoms with Gasteiger partial charge in [0.15, 0.2) is 5.78 Å². The van der Waals surface area contributed by atoms with Crippen LogP contribution in [0.1, 0.15) is 22.4 Å². The SMILES string of the molecule is COCCNc1sc(C)nc1C(C)=O. The van der Waals surface area contributed by atoms with Crippen LogP contribution in [0.25, 0.3) is 0 Å². The number of carbonyl (C=O) groups is 1. The molecule has 0 fully saturated rings. The average molecular weight is 214 g/mol. The summed E-state index contributed by atoms with van der Waals surface area (Å²) < 4.78 is 4.91. The zero-order chi connectivity index (χ0) is 10.6. The topological polar surface area (TPSA) is 51.2 Å².